The van der Waals surface area contributed by atoms with Crippen LogP contribution < -0.4 is 16.6 Å². The topological polar surface area (TPSA) is 60.2 Å². The minimum absolute atomic E-state index is 0.134. The van der Waals surface area contributed by atoms with Crippen molar-refractivity contribution < 1.29 is 0 Å². The van der Waals surface area contributed by atoms with Gasteiger partial charge in [-0.3, -0.25) is 9.59 Å². The van der Waals surface area contributed by atoms with E-state index >= 15 is 0 Å². The lowest BCUT2D eigenvalue weighted by Crippen LogP contribution is -2.38. The minimum Gasteiger partial charge on any atom is -0.395 e. The lowest BCUT2D eigenvalue weighted by atomic mass is 9.95. The summed E-state index contributed by atoms with van der Waals surface area (Å²) < 4.78 is 0. The molecule has 0 aromatic heterocycles. The maximum atomic E-state index is 11.4. The molecule has 0 saturated carbocycles. The van der Waals surface area contributed by atoms with E-state index in [4.69, 9.17) is 5.73 Å². The van der Waals surface area contributed by atoms with Gasteiger partial charge in [-0.2, -0.15) is 0 Å². The van der Waals surface area contributed by atoms with E-state index in [9.17, 15) is 9.59 Å². The second-order valence-corrected chi connectivity index (χ2v) is 5.15. The number of benzene rings is 1. The third-order valence-electron chi connectivity index (χ3n) is 3.07. The van der Waals surface area contributed by atoms with Gasteiger partial charge in [0.25, 0.3) is 0 Å². The van der Waals surface area contributed by atoms with Crippen LogP contribution in [0.2, 0.25) is 0 Å². The average molecular weight is 243 g/mol. The van der Waals surface area contributed by atoms with Gasteiger partial charge in [0.2, 0.25) is 10.9 Å². The Morgan fingerprint density at radius 3 is 2.39 bits per heavy atom. The van der Waals surface area contributed by atoms with E-state index in [1.54, 1.807) is 0 Å². The van der Waals surface area contributed by atoms with Crippen LogP contribution in [0.25, 0.3) is 0 Å². The summed E-state index contributed by atoms with van der Waals surface area (Å²) in [7, 11) is 0. The molecule has 0 heterocycles. The smallest absolute Gasteiger partial charge is 0.249 e. The van der Waals surface area contributed by atoms with Gasteiger partial charge in [-0.25, -0.2) is 0 Å². The summed E-state index contributed by atoms with van der Waals surface area (Å²) in [5.74, 6) is 0.594. The molecule has 2 N–H and O–H groups in total. The Kier molecular flexibility index (Phi) is 3.32. The highest BCUT2D eigenvalue weighted by atomic mass is 16.2. The average Bonchev–Trinajstić information content (AvgIpc) is 2.34. The zero-order valence-corrected chi connectivity index (χ0v) is 10.7. The van der Waals surface area contributed by atoms with Gasteiger partial charge < -0.3 is 5.73 Å². The van der Waals surface area contributed by atoms with Crippen LogP contribution in [-0.2, 0) is 12.8 Å². The molecule has 0 bridgehead atoms. The van der Waals surface area contributed by atoms with E-state index in [-0.39, 0.29) is 5.69 Å². The highest BCUT2D eigenvalue weighted by Crippen LogP contribution is 2.15. The highest BCUT2D eigenvalue weighted by molar-refractivity contribution is 5.54. The molecule has 0 spiro atoms. The number of anilines is 1. The van der Waals surface area contributed by atoms with Crippen LogP contribution in [0.4, 0.5) is 5.69 Å². The Morgan fingerprint density at radius 2 is 1.78 bits per heavy atom. The first kappa shape index (κ1) is 12.6. The molecule has 18 heavy (non-hydrogen) atoms. The maximum Gasteiger partial charge on any atom is 0.249 e. The second-order valence-electron chi connectivity index (χ2n) is 5.15. The van der Waals surface area contributed by atoms with Crippen molar-refractivity contribution in [1.29, 1.82) is 0 Å². The number of nitrogens with two attached hydrogens (primary N) is 1. The first-order valence-electron chi connectivity index (χ1n) is 6.14. The predicted molar refractivity (Wildman–Crippen MR) is 73.6 cm³/mol. The summed E-state index contributed by atoms with van der Waals surface area (Å²) in [6, 6.07) is 8.10. The molecule has 2 aromatic carbocycles. The molecule has 0 aliphatic heterocycles. The van der Waals surface area contributed by atoms with Crippen LogP contribution in [0.5, 0.6) is 0 Å². The summed E-state index contributed by atoms with van der Waals surface area (Å²) in [5.41, 5.74) is 7.44. The normalized spacial score (nSPS) is 11.3. The zero-order chi connectivity index (χ0) is 13.3. The van der Waals surface area contributed by atoms with E-state index < -0.39 is 10.9 Å². The van der Waals surface area contributed by atoms with Gasteiger partial charge >= 0.3 is 0 Å². The van der Waals surface area contributed by atoms with Crippen molar-refractivity contribution in [2.75, 3.05) is 5.73 Å². The van der Waals surface area contributed by atoms with Gasteiger partial charge in [0.05, 0.1) is 5.69 Å². The van der Waals surface area contributed by atoms with E-state index in [0.717, 1.165) is 12.0 Å². The van der Waals surface area contributed by atoms with Crippen LogP contribution in [0, 0.1) is 5.92 Å². The summed E-state index contributed by atoms with van der Waals surface area (Å²) in [5, 5.41) is 0. The molecule has 2 rings (SSSR count). The summed E-state index contributed by atoms with van der Waals surface area (Å²) >= 11 is 0. The lowest BCUT2D eigenvalue weighted by molar-refractivity contribution is 0.647. The van der Waals surface area contributed by atoms with Crippen LogP contribution >= 0.6 is 0 Å². The largest absolute Gasteiger partial charge is 0.395 e. The van der Waals surface area contributed by atoms with Gasteiger partial charge in [0.1, 0.15) is 0 Å². The Balaban J connectivity index is 2.20. The Bertz CT molecular complexity index is 634. The molecule has 0 unspecified atom stereocenters. The molecule has 0 aliphatic carbocycles. The summed E-state index contributed by atoms with van der Waals surface area (Å²) in [4.78, 5) is 22.4. The number of hydrogen-bond acceptors (Lipinski definition) is 3. The van der Waals surface area contributed by atoms with Gasteiger partial charge in [-0.05, 0) is 23.5 Å². The molecule has 3 nitrogen and oxygen atoms in total. The van der Waals surface area contributed by atoms with Crippen LogP contribution in [0.1, 0.15) is 30.5 Å². The second kappa shape index (κ2) is 4.77. The van der Waals surface area contributed by atoms with Crippen LogP contribution in [0.3, 0.4) is 0 Å². The fraction of sp³-hybridized carbons (Fsp3) is 0.333. The molecule has 2 aromatic rings. The molecule has 94 valence electrons. The van der Waals surface area contributed by atoms with Crippen molar-refractivity contribution >= 4 is 5.69 Å². The molecule has 0 aliphatic rings. The van der Waals surface area contributed by atoms with Crippen LogP contribution in [-0.4, -0.2) is 0 Å². The predicted octanol–water partition coefficient (Wildman–Crippen LogP) is 1.65. The van der Waals surface area contributed by atoms with Crippen molar-refractivity contribution in [2.45, 2.75) is 26.7 Å². The first-order valence-corrected chi connectivity index (χ1v) is 6.14. The molecule has 0 amide bonds. The Morgan fingerprint density at radius 1 is 1.11 bits per heavy atom. The monoisotopic (exact) mass is 243 g/mol. The van der Waals surface area contributed by atoms with E-state index in [1.165, 1.54) is 5.56 Å². The van der Waals surface area contributed by atoms with Crippen molar-refractivity contribution in [1.82, 2.24) is 0 Å². The number of hydrogen-bond donors (Lipinski definition) is 1. The standard InChI is InChI=1S/C15H17NO2/c1-9(2)6-10-4-3-5-11(7-10)8-12-13(16)15(18)14(12)17/h3-5,7,9H,6,8,16H2,1-2H3. The zero-order valence-electron chi connectivity index (χ0n) is 10.7. The summed E-state index contributed by atoms with van der Waals surface area (Å²) in [6.07, 6.45) is 1.47. The third-order valence-corrected chi connectivity index (χ3v) is 3.07. The quantitative estimate of drug-likeness (QED) is 0.831. The van der Waals surface area contributed by atoms with Crippen molar-refractivity contribution in [3.63, 3.8) is 0 Å². The van der Waals surface area contributed by atoms with Crippen molar-refractivity contribution in [3.05, 3.63) is 61.4 Å². The summed E-state index contributed by atoms with van der Waals surface area (Å²) in [6.45, 7) is 4.34. The Hall–Kier alpha value is -1.90. The highest BCUT2D eigenvalue weighted by Gasteiger charge is 2.17. The van der Waals surface area contributed by atoms with Crippen molar-refractivity contribution in [2.24, 2.45) is 5.92 Å². The van der Waals surface area contributed by atoms with Gasteiger partial charge in [0.15, 0.2) is 0 Å². The fourth-order valence-electron chi connectivity index (χ4n) is 2.17. The molecule has 0 atom stereocenters. The number of nitrogen functional groups attached to an aromatic ring is 1. The first-order chi connectivity index (χ1) is 8.49. The minimum atomic E-state index is -0.539. The fourth-order valence-corrected chi connectivity index (χ4v) is 2.17. The molecular weight excluding hydrogens is 226 g/mol. The van der Waals surface area contributed by atoms with Gasteiger partial charge in [0, 0.05) is 12.0 Å². The van der Waals surface area contributed by atoms with Crippen molar-refractivity contribution in [3.8, 4) is 0 Å². The molecule has 3 heteroatoms. The SMILES string of the molecule is CC(C)Cc1cccc(Cc2c(N)c(=O)c2=O)c1. The molecule has 0 fully saturated rings. The maximum absolute atomic E-state index is 11.4. The van der Waals surface area contributed by atoms with Crippen LogP contribution in [0.15, 0.2) is 33.9 Å². The van der Waals surface area contributed by atoms with Gasteiger partial charge in [-0.15, -0.1) is 0 Å². The van der Waals surface area contributed by atoms with Gasteiger partial charge in [-0.1, -0.05) is 38.1 Å². The lowest BCUT2D eigenvalue weighted by Gasteiger charge is -2.09. The van der Waals surface area contributed by atoms with E-state index in [1.807, 2.05) is 12.1 Å². The third kappa shape index (κ3) is 2.35. The van der Waals surface area contributed by atoms with E-state index in [0.29, 0.717) is 17.9 Å². The molecule has 0 radical (unpaired) electrons. The Labute approximate surface area is 106 Å². The molecule has 0 saturated heterocycles. The molecular formula is C15H17NO2. The number of rotatable bonds is 4. The van der Waals surface area contributed by atoms with E-state index in [2.05, 4.69) is 26.0 Å².